The van der Waals surface area contributed by atoms with Gasteiger partial charge in [-0.15, -0.1) is 0 Å². The lowest BCUT2D eigenvalue weighted by Crippen LogP contribution is -2.09. The van der Waals surface area contributed by atoms with Gasteiger partial charge in [0, 0.05) is 19.9 Å². The molecule has 1 unspecified atom stereocenters. The zero-order valence-electron chi connectivity index (χ0n) is 9.95. The number of nitrogens with zero attached hydrogens (tertiary/aromatic N) is 1. The molecule has 0 aromatic carbocycles. The van der Waals surface area contributed by atoms with E-state index in [1.165, 1.54) is 0 Å². The first-order chi connectivity index (χ1) is 7.71. The van der Waals surface area contributed by atoms with Crippen LogP contribution in [-0.2, 0) is 16.1 Å². The maximum atomic E-state index is 5.38. The predicted molar refractivity (Wildman–Crippen MR) is 64.8 cm³/mol. The first kappa shape index (κ1) is 13.3. The second kappa shape index (κ2) is 6.73. The molecule has 1 rings (SSSR count). The van der Waals surface area contributed by atoms with Crippen LogP contribution in [0.15, 0.2) is 6.07 Å². The molecule has 0 fully saturated rings. The van der Waals surface area contributed by atoms with E-state index in [-0.39, 0.29) is 6.10 Å². The molecule has 5 heteroatoms. The molecule has 90 valence electrons. The molecule has 0 radical (unpaired) electrons. The second-order valence-corrected chi connectivity index (χ2v) is 3.99. The van der Waals surface area contributed by atoms with Crippen molar-refractivity contribution in [3.05, 3.63) is 22.2 Å². The number of hydrogen-bond acceptors (Lipinski definition) is 4. The average Bonchev–Trinajstić information content (AvgIpc) is 2.25. The zero-order valence-corrected chi connectivity index (χ0v) is 10.8. The van der Waals surface area contributed by atoms with E-state index in [4.69, 9.17) is 21.7 Å². The minimum Gasteiger partial charge on any atom is -0.378 e. The molecule has 0 amide bonds. The number of rotatable bonds is 6. The van der Waals surface area contributed by atoms with Gasteiger partial charge in [-0.05, 0) is 12.5 Å². The van der Waals surface area contributed by atoms with Crippen LogP contribution in [0.3, 0.4) is 0 Å². The molecule has 0 spiro atoms. The lowest BCUT2D eigenvalue weighted by atomic mass is 10.2. The minimum absolute atomic E-state index is 0.0245. The second-order valence-electron chi connectivity index (χ2n) is 3.58. The van der Waals surface area contributed by atoms with Crippen molar-refractivity contribution in [3.63, 3.8) is 0 Å². The summed E-state index contributed by atoms with van der Waals surface area (Å²) < 4.78 is 11.0. The van der Waals surface area contributed by atoms with Gasteiger partial charge in [-0.2, -0.15) is 0 Å². The van der Waals surface area contributed by atoms with Crippen LogP contribution in [0.2, 0.25) is 0 Å². The van der Waals surface area contributed by atoms with Gasteiger partial charge in [0.25, 0.3) is 0 Å². The summed E-state index contributed by atoms with van der Waals surface area (Å²) in [6.45, 7) is 2.61. The molecule has 0 saturated carbocycles. The molecular weight excluding hydrogens is 224 g/mol. The Balaban J connectivity index is 2.97. The highest BCUT2D eigenvalue weighted by atomic mass is 32.1. The van der Waals surface area contributed by atoms with Crippen molar-refractivity contribution >= 4 is 12.2 Å². The molecule has 0 aliphatic rings. The fourth-order valence-electron chi connectivity index (χ4n) is 1.54. The Kier molecular flexibility index (Phi) is 5.59. The van der Waals surface area contributed by atoms with Crippen molar-refractivity contribution in [2.45, 2.75) is 32.5 Å². The van der Waals surface area contributed by atoms with Crippen molar-refractivity contribution < 1.29 is 9.47 Å². The first-order valence-electron chi connectivity index (χ1n) is 5.33. The van der Waals surface area contributed by atoms with Gasteiger partial charge in [0.2, 0.25) is 0 Å². The lowest BCUT2D eigenvalue weighted by molar-refractivity contribution is 0.0866. The predicted octanol–water partition coefficient (Wildman–Crippen LogP) is 2.77. The van der Waals surface area contributed by atoms with E-state index in [1.54, 1.807) is 20.3 Å². The molecule has 1 aromatic rings. The maximum absolute atomic E-state index is 5.38. The maximum Gasteiger partial charge on any atom is 0.137 e. The highest BCUT2D eigenvalue weighted by molar-refractivity contribution is 7.71. The molecule has 4 nitrogen and oxygen atoms in total. The summed E-state index contributed by atoms with van der Waals surface area (Å²) >= 11 is 5.11. The minimum atomic E-state index is -0.0245. The van der Waals surface area contributed by atoms with E-state index in [1.807, 2.05) is 0 Å². The van der Waals surface area contributed by atoms with E-state index >= 15 is 0 Å². The molecule has 0 saturated heterocycles. The molecular formula is C11H18N2O2S. The highest BCUT2D eigenvalue weighted by Gasteiger charge is 2.12. The van der Waals surface area contributed by atoms with Gasteiger partial charge in [0.15, 0.2) is 0 Å². The standard InChI is InChI=1S/C11H18N2O2S/c1-4-5-9(15-3)11-12-8(7-14-2)6-10(16)13-11/h6,9H,4-5,7H2,1-3H3,(H,12,13,16). The average molecular weight is 242 g/mol. The van der Waals surface area contributed by atoms with Gasteiger partial charge in [-0.25, -0.2) is 4.98 Å². The van der Waals surface area contributed by atoms with Crippen molar-refractivity contribution in [1.29, 1.82) is 0 Å². The Morgan fingerprint density at radius 1 is 1.50 bits per heavy atom. The Morgan fingerprint density at radius 3 is 2.81 bits per heavy atom. The van der Waals surface area contributed by atoms with Crippen molar-refractivity contribution in [2.24, 2.45) is 0 Å². The molecule has 16 heavy (non-hydrogen) atoms. The summed E-state index contributed by atoms with van der Waals surface area (Å²) in [6, 6.07) is 1.81. The van der Waals surface area contributed by atoms with E-state index in [2.05, 4.69) is 16.9 Å². The summed E-state index contributed by atoms with van der Waals surface area (Å²) in [4.78, 5) is 7.48. The van der Waals surface area contributed by atoms with Crippen molar-refractivity contribution in [3.8, 4) is 0 Å². The summed E-state index contributed by atoms with van der Waals surface area (Å²) in [5.41, 5.74) is 0.927. The van der Waals surface area contributed by atoms with E-state index in [0.29, 0.717) is 11.2 Å². The number of methoxy groups -OCH3 is 2. The summed E-state index contributed by atoms with van der Waals surface area (Å²) in [6.07, 6.45) is 1.93. The molecule has 0 aliphatic heterocycles. The fourth-order valence-corrected chi connectivity index (χ4v) is 1.78. The Hall–Kier alpha value is -0.780. The van der Waals surface area contributed by atoms with Crippen molar-refractivity contribution in [1.82, 2.24) is 9.97 Å². The topological polar surface area (TPSA) is 47.1 Å². The van der Waals surface area contributed by atoms with Crippen LogP contribution >= 0.6 is 12.2 Å². The SMILES string of the molecule is CCCC(OC)c1nc(=S)cc(COC)[nH]1. The Labute approximate surface area is 101 Å². The van der Waals surface area contributed by atoms with Crippen LogP contribution in [0.1, 0.15) is 37.4 Å². The molecule has 1 N–H and O–H groups in total. The van der Waals surface area contributed by atoms with Gasteiger partial charge in [-0.3, -0.25) is 0 Å². The van der Waals surface area contributed by atoms with E-state index in [9.17, 15) is 0 Å². The molecule has 0 bridgehead atoms. The van der Waals surface area contributed by atoms with Crippen LogP contribution < -0.4 is 0 Å². The monoisotopic (exact) mass is 242 g/mol. The van der Waals surface area contributed by atoms with Crippen LogP contribution in [-0.4, -0.2) is 24.2 Å². The number of ether oxygens (including phenoxy) is 2. The molecule has 1 aromatic heterocycles. The van der Waals surface area contributed by atoms with Gasteiger partial charge < -0.3 is 14.5 Å². The zero-order chi connectivity index (χ0) is 12.0. The van der Waals surface area contributed by atoms with E-state index in [0.717, 1.165) is 24.4 Å². The van der Waals surface area contributed by atoms with Crippen LogP contribution in [0.25, 0.3) is 0 Å². The molecule has 0 aliphatic carbocycles. The van der Waals surface area contributed by atoms with Crippen LogP contribution in [0.5, 0.6) is 0 Å². The molecule has 1 atom stereocenters. The highest BCUT2D eigenvalue weighted by Crippen LogP contribution is 2.18. The third-order valence-corrected chi connectivity index (χ3v) is 2.47. The fraction of sp³-hybridized carbons (Fsp3) is 0.636. The third kappa shape index (κ3) is 3.66. The quantitative estimate of drug-likeness (QED) is 0.779. The summed E-state index contributed by atoms with van der Waals surface area (Å²) in [7, 11) is 3.33. The van der Waals surface area contributed by atoms with Gasteiger partial charge in [-0.1, -0.05) is 25.6 Å². The number of H-pyrrole nitrogens is 1. The normalized spacial score (nSPS) is 12.7. The number of hydrogen-bond donors (Lipinski definition) is 1. The van der Waals surface area contributed by atoms with Crippen LogP contribution in [0, 0.1) is 4.64 Å². The van der Waals surface area contributed by atoms with Gasteiger partial charge in [0.05, 0.1) is 6.61 Å². The Bertz CT molecular complexity index is 378. The van der Waals surface area contributed by atoms with Gasteiger partial charge in [0.1, 0.15) is 16.6 Å². The van der Waals surface area contributed by atoms with Crippen LogP contribution in [0.4, 0.5) is 0 Å². The molecule has 1 heterocycles. The Morgan fingerprint density at radius 2 is 2.25 bits per heavy atom. The van der Waals surface area contributed by atoms with Gasteiger partial charge >= 0.3 is 0 Å². The number of nitrogens with one attached hydrogen (secondary N) is 1. The number of aromatic nitrogens is 2. The third-order valence-electron chi connectivity index (χ3n) is 2.26. The summed E-state index contributed by atoms with van der Waals surface area (Å²) in [5.74, 6) is 0.781. The largest absolute Gasteiger partial charge is 0.378 e. The summed E-state index contributed by atoms with van der Waals surface area (Å²) in [5, 5.41) is 0. The lowest BCUT2D eigenvalue weighted by Gasteiger charge is -2.14. The smallest absolute Gasteiger partial charge is 0.137 e. The van der Waals surface area contributed by atoms with Crippen molar-refractivity contribution in [2.75, 3.05) is 14.2 Å². The van der Waals surface area contributed by atoms with E-state index < -0.39 is 0 Å². The first-order valence-corrected chi connectivity index (χ1v) is 5.74. The number of aromatic amines is 1.